The topological polar surface area (TPSA) is 84.3 Å². The normalized spacial score (nSPS) is 20.4. The number of methoxy groups -OCH3 is 1. The lowest BCUT2D eigenvalue weighted by atomic mass is 9.81. The molecule has 3 aromatic rings. The fourth-order valence-corrected chi connectivity index (χ4v) is 6.64. The van der Waals surface area contributed by atoms with Crippen LogP contribution in [0, 0.1) is 5.92 Å². The number of carboxylic acid groups (broad SMARTS) is 1. The summed E-state index contributed by atoms with van der Waals surface area (Å²) in [7, 11) is 1.61. The molecule has 2 aromatic heterocycles. The van der Waals surface area contributed by atoms with Crippen molar-refractivity contribution in [3.8, 4) is 5.75 Å². The molecule has 2 aliphatic rings. The van der Waals surface area contributed by atoms with Crippen molar-refractivity contribution in [2.75, 3.05) is 12.4 Å². The summed E-state index contributed by atoms with van der Waals surface area (Å²) >= 11 is 8.13. The number of anilines is 1. The van der Waals surface area contributed by atoms with Crippen LogP contribution in [0.2, 0.25) is 5.02 Å². The van der Waals surface area contributed by atoms with Crippen molar-refractivity contribution in [1.29, 1.82) is 0 Å². The molecule has 2 heterocycles. The first-order valence-corrected chi connectivity index (χ1v) is 12.8. The van der Waals surface area contributed by atoms with Crippen molar-refractivity contribution < 1.29 is 14.6 Å². The summed E-state index contributed by atoms with van der Waals surface area (Å²) in [6.45, 7) is 0.603. The second-order valence-corrected chi connectivity index (χ2v) is 10.5. The van der Waals surface area contributed by atoms with Crippen LogP contribution in [-0.2, 0) is 24.2 Å². The van der Waals surface area contributed by atoms with Crippen LogP contribution < -0.4 is 10.1 Å². The minimum atomic E-state index is -0.684. The zero-order valence-electron chi connectivity index (χ0n) is 18.7. The largest absolute Gasteiger partial charge is 0.495 e. The lowest BCUT2D eigenvalue weighted by molar-refractivity contribution is -0.142. The fraction of sp³-hybridized carbons (Fsp3) is 0.480. The van der Waals surface area contributed by atoms with Gasteiger partial charge in [0.05, 0.1) is 23.4 Å². The highest BCUT2D eigenvalue weighted by Gasteiger charge is 2.30. The Morgan fingerprint density at radius 2 is 2.00 bits per heavy atom. The maximum absolute atomic E-state index is 11.4. The van der Waals surface area contributed by atoms with E-state index in [2.05, 4.69) is 5.32 Å². The number of benzene rings is 1. The van der Waals surface area contributed by atoms with Gasteiger partial charge in [-0.25, -0.2) is 9.97 Å². The predicted molar refractivity (Wildman–Crippen MR) is 132 cm³/mol. The molecule has 2 aliphatic carbocycles. The quantitative estimate of drug-likeness (QED) is 0.432. The molecular weight excluding hydrogens is 458 g/mol. The second-order valence-electron chi connectivity index (χ2n) is 9.03. The number of hydrogen-bond donors (Lipinski definition) is 2. The average Bonchev–Trinajstić information content (AvgIpc) is 3.21. The maximum atomic E-state index is 11.4. The van der Waals surface area contributed by atoms with Crippen LogP contribution in [0.15, 0.2) is 18.2 Å². The van der Waals surface area contributed by atoms with Gasteiger partial charge in [-0.3, -0.25) is 4.79 Å². The Bertz CT molecular complexity index is 1190. The van der Waals surface area contributed by atoms with E-state index < -0.39 is 5.97 Å². The molecule has 0 unspecified atom stereocenters. The third-order valence-electron chi connectivity index (χ3n) is 6.95. The van der Waals surface area contributed by atoms with E-state index in [0.717, 1.165) is 53.1 Å². The summed E-state index contributed by atoms with van der Waals surface area (Å²) in [5, 5.41) is 14.7. The standard InChI is InChI=1S/C25H28ClN3O3S/c1-32-19-11-6-14(12-18(19)26)13-27-23-21-17-4-2-3-5-20(17)33-24(21)29-22(28-23)15-7-9-16(10-8-15)25(30)31/h6,11-12,15-16H,2-5,7-10,13H2,1H3,(H,30,31)(H,27,28,29). The molecule has 0 amide bonds. The van der Waals surface area contributed by atoms with Crippen molar-refractivity contribution in [3.05, 3.63) is 45.1 Å². The van der Waals surface area contributed by atoms with Crippen LogP contribution in [0.3, 0.4) is 0 Å². The number of carboxylic acids is 1. The molecular formula is C25H28ClN3O3S. The van der Waals surface area contributed by atoms with Gasteiger partial charge in [0.25, 0.3) is 0 Å². The summed E-state index contributed by atoms with van der Waals surface area (Å²) in [6, 6.07) is 5.81. The first-order valence-electron chi connectivity index (χ1n) is 11.6. The summed E-state index contributed by atoms with van der Waals surface area (Å²) in [4.78, 5) is 23.9. The number of rotatable bonds is 6. The third-order valence-corrected chi connectivity index (χ3v) is 8.43. The average molecular weight is 486 g/mol. The summed E-state index contributed by atoms with van der Waals surface area (Å²) in [5.41, 5.74) is 2.46. The van der Waals surface area contributed by atoms with E-state index in [1.807, 2.05) is 18.2 Å². The summed E-state index contributed by atoms with van der Waals surface area (Å²) in [6.07, 6.45) is 7.64. The molecule has 2 N–H and O–H groups in total. The van der Waals surface area contributed by atoms with E-state index in [9.17, 15) is 9.90 Å². The molecule has 6 nitrogen and oxygen atoms in total. The second kappa shape index (κ2) is 9.47. The lowest BCUT2D eigenvalue weighted by Crippen LogP contribution is -2.21. The fourth-order valence-electron chi connectivity index (χ4n) is 5.09. The van der Waals surface area contributed by atoms with Crippen LogP contribution >= 0.6 is 22.9 Å². The molecule has 0 saturated heterocycles. The SMILES string of the molecule is COc1ccc(CNc2nc(C3CCC(C(=O)O)CC3)nc3sc4c(c23)CCCC4)cc1Cl. The molecule has 8 heteroatoms. The molecule has 0 spiro atoms. The number of fused-ring (bicyclic) bond motifs is 3. The highest BCUT2D eigenvalue weighted by Crippen LogP contribution is 2.41. The number of thiophene rings is 1. The minimum absolute atomic E-state index is 0.208. The first-order chi connectivity index (χ1) is 16.0. The Labute approximate surface area is 202 Å². The van der Waals surface area contributed by atoms with Gasteiger partial charge in [0.2, 0.25) is 0 Å². The van der Waals surface area contributed by atoms with Gasteiger partial charge < -0.3 is 15.2 Å². The van der Waals surface area contributed by atoms with Crippen LogP contribution in [0.25, 0.3) is 10.2 Å². The summed E-state index contributed by atoms with van der Waals surface area (Å²) < 4.78 is 5.27. The number of nitrogens with zero attached hydrogens (tertiary/aromatic N) is 2. The minimum Gasteiger partial charge on any atom is -0.495 e. The maximum Gasteiger partial charge on any atom is 0.306 e. The van der Waals surface area contributed by atoms with Gasteiger partial charge in [0.15, 0.2) is 0 Å². The van der Waals surface area contributed by atoms with Gasteiger partial charge in [-0.1, -0.05) is 17.7 Å². The van der Waals surface area contributed by atoms with E-state index in [1.165, 1.54) is 23.3 Å². The molecule has 0 aliphatic heterocycles. The number of ether oxygens (including phenoxy) is 1. The molecule has 1 saturated carbocycles. The number of aryl methyl sites for hydroxylation is 2. The Hall–Kier alpha value is -2.38. The van der Waals surface area contributed by atoms with Crippen molar-refractivity contribution in [2.45, 2.75) is 63.8 Å². The number of aromatic nitrogens is 2. The highest BCUT2D eigenvalue weighted by molar-refractivity contribution is 7.19. The number of halogens is 1. The Morgan fingerprint density at radius 1 is 1.21 bits per heavy atom. The van der Waals surface area contributed by atoms with Gasteiger partial charge >= 0.3 is 5.97 Å². The molecule has 174 valence electrons. The van der Waals surface area contributed by atoms with Crippen molar-refractivity contribution >= 4 is 44.9 Å². The Balaban J connectivity index is 1.47. The zero-order valence-corrected chi connectivity index (χ0v) is 20.3. The van der Waals surface area contributed by atoms with Crippen molar-refractivity contribution in [3.63, 3.8) is 0 Å². The molecule has 0 atom stereocenters. The number of carbonyl (C=O) groups is 1. The smallest absolute Gasteiger partial charge is 0.306 e. The van der Waals surface area contributed by atoms with E-state index in [4.69, 9.17) is 26.3 Å². The summed E-state index contributed by atoms with van der Waals surface area (Å²) in [5.74, 6) is 1.69. The molecule has 1 fully saturated rings. The van der Waals surface area contributed by atoms with Crippen molar-refractivity contribution in [1.82, 2.24) is 9.97 Å². The highest BCUT2D eigenvalue weighted by atomic mass is 35.5. The molecule has 0 bridgehead atoms. The van der Waals surface area contributed by atoms with Crippen molar-refractivity contribution in [2.24, 2.45) is 5.92 Å². The van der Waals surface area contributed by atoms with Gasteiger partial charge in [-0.2, -0.15) is 0 Å². The van der Waals surface area contributed by atoms with Gasteiger partial charge in [0, 0.05) is 17.3 Å². The third kappa shape index (κ3) is 4.53. The predicted octanol–water partition coefficient (Wildman–Crippen LogP) is 6.20. The van der Waals surface area contributed by atoms with Gasteiger partial charge in [0.1, 0.15) is 22.2 Å². The molecule has 5 rings (SSSR count). The van der Waals surface area contributed by atoms with E-state index in [1.54, 1.807) is 18.4 Å². The van der Waals surface area contributed by atoms with Gasteiger partial charge in [-0.15, -0.1) is 11.3 Å². The molecule has 33 heavy (non-hydrogen) atoms. The van der Waals surface area contributed by atoms with E-state index >= 15 is 0 Å². The lowest BCUT2D eigenvalue weighted by Gasteiger charge is -2.25. The monoisotopic (exact) mass is 485 g/mol. The zero-order chi connectivity index (χ0) is 22.9. The Kier molecular flexibility index (Phi) is 6.43. The van der Waals surface area contributed by atoms with Crippen LogP contribution in [-0.4, -0.2) is 28.2 Å². The first kappa shape index (κ1) is 22.4. The van der Waals surface area contributed by atoms with Crippen LogP contribution in [0.4, 0.5) is 5.82 Å². The number of nitrogens with one attached hydrogen (secondary N) is 1. The van der Waals surface area contributed by atoms with E-state index in [-0.39, 0.29) is 11.8 Å². The van der Waals surface area contributed by atoms with Crippen LogP contribution in [0.1, 0.15) is 66.3 Å². The molecule has 1 aromatic carbocycles. The van der Waals surface area contributed by atoms with Crippen LogP contribution in [0.5, 0.6) is 5.75 Å². The van der Waals surface area contributed by atoms with Gasteiger partial charge in [-0.05, 0) is 74.6 Å². The number of hydrogen-bond acceptors (Lipinski definition) is 6. The number of aliphatic carboxylic acids is 1. The molecule has 0 radical (unpaired) electrons. The Morgan fingerprint density at radius 3 is 2.73 bits per heavy atom. The van der Waals surface area contributed by atoms with E-state index in [0.29, 0.717) is 30.2 Å².